The number of hydrogen-bond acceptors (Lipinski definition) is 6. The summed E-state index contributed by atoms with van der Waals surface area (Å²) in [5.41, 5.74) is 2.27. The summed E-state index contributed by atoms with van der Waals surface area (Å²) < 4.78 is 11.0. The minimum Gasteiger partial charge on any atom is -0.461 e. The minimum atomic E-state index is -0.367. The van der Waals surface area contributed by atoms with Gasteiger partial charge in [-0.1, -0.05) is 30.3 Å². The molecule has 1 atom stereocenters. The van der Waals surface area contributed by atoms with Crippen LogP contribution in [-0.2, 0) is 20.9 Å². The van der Waals surface area contributed by atoms with Gasteiger partial charge in [0.1, 0.15) is 12.7 Å². The first-order valence-electron chi connectivity index (χ1n) is 10.5. The Morgan fingerprint density at radius 3 is 2.48 bits per heavy atom. The van der Waals surface area contributed by atoms with Crippen LogP contribution in [0.4, 0.5) is 10.5 Å². The number of esters is 1. The lowest BCUT2D eigenvalue weighted by atomic mass is 9.97. The van der Waals surface area contributed by atoms with Crippen molar-refractivity contribution in [1.29, 1.82) is 5.26 Å². The topological polar surface area (TPSA) is 82.9 Å². The highest BCUT2D eigenvalue weighted by molar-refractivity contribution is 5.89. The van der Waals surface area contributed by atoms with Crippen LogP contribution >= 0.6 is 0 Å². The van der Waals surface area contributed by atoms with Gasteiger partial charge in [-0.25, -0.2) is 4.79 Å². The first-order chi connectivity index (χ1) is 15.1. The first kappa shape index (κ1) is 20.9. The monoisotopic (exact) mass is 419 g/mol. The highest BCUT2D eigenvalue weighted by atomic mass is 16.6. The smallest absolute Gasteiger partial charge is 0.414 e. The Kier molecular flexibility index (Phi) is 6.48. The average molecular weight is 419 g/mol. The SMILES string of the molecule is N#Cc1ccc(N2C[C@@H](CN3CCC(C(=O)OCc4ccccc4)CC3)OC2=O)cc1. The van der Waals surface area contributed by atoms with Crippen molar-refractivity contribution in [1.82, 2.24) is 4.90 Å². The molecule has 2 fully saturated rings. The van der Waals surface area contributed by atoms with Crippen LogP contribution in [0.1, 0.15) is 24.0 Å². The van der Waals surface area contributed by atoms with Gasteiger partial charge in [0.05, 0.1) is 24.1 Å². The van der Waals surface area contributed by atoms with Crippen molar-refractivity contribution in [2.24, 2.45) is 5.92 Å². The van der Waals surface area contributed by atoms with Crippen LogP contribution in [0.15, 0.2) is 54.6 Å². The summed E-state index contributed by atoms with van der Waals surface area (Å²) in [6.45, 7) is 2.98. The maximum Gasteiger partial charge on any atom is 0.414 e. The lowest BCUT2D eigenvalue weighted by Crippen LogP contribution is -2.41. The van der Waals surface area contributed by atoms with Gasteiger partial charge in [-0.2, -0.15) is 5.26 Å². The molecule has 160 valence electrons. The zero-order chi connectivity index (χ0) is 21.6. The number of cyclic esters (lactones) is 1. The van der Waals surface area contributed by atoms with Gasteiger partial charge in [-0.05, 0) is 55.8 Å². The van der Waals surface area contributed by atoms with Crippen LogP contribution in [0.2, 0.25) is 0 Å². The first-order valence-corrected chi connectivity index (χ1v) is 10.5. The molecule has 0 bridgehead atoms. The molecule has 31 heavy (non-hydrogen) atoms. The fraction of sp³-hybridized carbons (Fsp3) is 0.375. The van der Waals surface area contributed by atoms with E-state index in [1.165, 1.54) is 0 Å². The zero-order valence-electron chi connectivity index (χ0n) is 17.3. The molecule has 7 heteroatoms. The third-order valence-corrected chi connectivity index (χ3v) is 5.79. The average Bonchev–Trinajstić information content (AvgIpc) is 3.18. The van der Waals surface area contributed by atoms with Crippen LogP contribution in [-0.4, -0.2) is 49.2 Å². The summed E-state index contributed by atoms with van der Waals surface area (Å²) in [5, 5.41) is 8.92. The molecular weight excluding hydrogens is 394 g/mol. The molecule has 2 aromatic rings. The van der Waals surface area contributed by atoms with E-state index in [0.717, 1.165) is 37.2 Å². The number of nitriles is 1. The second kappa shape index (κ2) is 9.63. The number of hydrogen-bond donors (Lipinski definition) is 0. The number of nitrogens with zero attached hydrogens (tertiary/aromatic N) is 3. The van der Waals surface area contributed by atoms with E-state index in [2.05, 4.69) is 11.0 Å². The molecule has 0 aliphatic carbocycles. The molecule has 0 radical (unpaired) electrons. The van der Waals surface area contributed by atoms with Gasteiger partial charge < -0.3 is 9.47 Å². The quantitative estimate of drug-likeness (QED) is 0.668. The summed E-state index contributed by atoms with van der Waals surface area (Å²) in [5.74, 6) is -0.218. The number of likely N-dealkylation sites (tertiary alicyclic amines) is 1. The molecule has 4 rings (SSSR count). The van der Waals surface area contributed by atoms with Gasteiger partial charge in [-0.15, -0.1) is 0 Å². The molecule has 2 saturated heterocycles. The molecule has 7 nitrogen and oxygen atoms in total. The summed E-state index contributed by atoms with van der Waals surface area (Å²) >= 11 is 0. The third kappa shape index (κ3) is 5.22. The molecule has 0 spiro atoms. The van der Waals surface area contributed by atoms with E-state index in [1.807, 2.05) is 30.3 Å². The van der Waals surface area contributed by atoms with E-state index < -0.39 is 0 Å². The van der Waals surface area contributed by atoms with Crippen molar-refractivity contribution in [2.75, 3.05) is 31.1 Å². The maximum atomic E-state index is 12.4. The van der Waals surface area contributed by atoms with E-state index in [-0.39, 0.29) is 24.1 Å². The third-order valence-electron chi connectivity index (χ3n) is 5.79. The summed E-state index contributed by atoms with van der Waals surface area (Å²) in [6, 6.07) is 18.7. The van der Waals surface area contributed by atoms with Crippen molar-refractivity contribution in [3.05, 3.63) is 65.7 Å². The van der Waals surface area contributed by atoms with E-state index >= 15 is 0 Å². The van der Waals surface area contributed by atoms with E-state index in [4.69, 9.17) is 14.7 Å². The van der Waals surface area contributed by atoms with Crippen molar-refractivity contribution >= 4 is 17.7 Å². The zero-order valence-corrected chi connectivity index (χ0v) is 17.3. The number of piperidine rings is 1. The standard InChI is InChI=1S/C24H25N3O4/c25-14-18-6-8-21(9-7-18)27-16-22(31-24(27)29)15-26-12-10-20(11-13-26)23(28)30-17-19-4-2-1-3-5-19/h1-9,20,22H,10-13,15-17H2/t22-/m1/s1. The largest absolute Gasteiger partial charge is 0.461 e. The van der Waals surface area contributed by atoms with Gasteiger partial charge in [0.25, 0.3) is 0 Å². The Hall–Kier alpha value is -3.37. The van der Waals surface area contributed by atoms with E-state index in [1.54, 1.807) is 29.2 Å². The van der Waals surface area contributed by atoms with Crippen LogP contribution in [0.3, 0.4) is 0 Å². The van der Waals surface area contributed by atoms with E-state index in [0.29, 0.717) is 25.3 Å². The number of carbonyl (C=O) groups is 2. The predicted octanol–water partition coefficient (Wildman–Crippen LogP) is 3.34. The molecule has 0 aromatic heterocycles. The fourth-order valence-electron chi connectivity index (χ4n) is 4.03. The maximum absolute atomic E-state index is 12.4. The number of anilines is 1. The normalized spacial score (nSPS) is 19.6. The lowest BCUT2D eigenvalue weighted by molar-refractivity contribution is -0.151. The Bertz CT molecular complexity index is 947. The highest BCUT2D eigenvalue weighted by Gasteiger charge is 2.35. The Balaban J connectivity index is 1.22. The molecule has 1 amide bonds. The number of amides is 1. The van der Waals surface area contributed by atoms with Crippen molar-refractivity contribution < 1.29 is 19.1 Å². The van der Waals surface area contributed by atoms with Gasteiger partial charge in [0.2, 0.25) is 0 Å². The van der Waals surface area contributed by atoms with Crippen molar-refractivity contribution in [3.8, 4) is 6.07 Å². The number of benzene rings is 2. The number of carbonyl (C=O) groups excluding carboxylic acids is 2. The number of rotatable bonds is 6. The second-order valence-corrected chi connectivity index (χ2v) is 7.94. The molecule has 0 unspecified atom stereocenters. The fourth-order valence-corrected chi connectivity index (χ4v) is 4.03. The van der Waals surface area contributed by atoms with Crippen molar-refractivity contribution in [3.63, 3.8) is 0 Å². The van der Waals surface area contributed by atoms with Gasteiger partial charge in [0, 0.05) is 12.2 Å². The van der Waals surface area contributed by atoms with Crippen LogP contribution < -0.4 is 4.90 Å². The van der Waals surface area contributed by atoms with Crippen LogP contribution in [0, 0.1) is 17.2 Å². The minimum absolute atomic E-state index is 0.0822. The predicted molar refractivity (Wildman–Crippen MR) is 114 cm³/mol. The van der Waals surface area contributed by atoms with Crippen LogP contribution in [0.25, 0.3) is 0 Å². The molecular formula is C24H25N3O4. The summed E-state index contributed by atoms with van der Waals surface area (Å²) in [4.78, 5) is 28.5. The second-order valence-electron chi connectivity index (χ2n) is 7.94. The lowest BCUT2D eigenvalue weighted by Gasteiger charge is -2.31. The van der Waals surface area contributed by atoms with E-state index in [9.17, 15) is 9.59 Å². The Morgan fingerprint density at radius 2 is 1.81 bits per heavy atom. The van der Waals surface area contributed by atoms with Gasteiger partial charge in [0.15, 0.2) is 0 Å². The molecule has 2 aromatic carbocycles. The number of ether oxygens (including phenoxy) is 2. The molecule has 2 aliphatic heterocycles. The summed E-state index contributed by atoms with van der Waals surface area (Å²) in [6.07, 6.45) is 0.903. The summed E-state index contributed by atoms with van der Waals surface area (Å²) in [7, 11) is 0. The molecule has 2 heterocycles. The van der Waals surface area contributed by atoms with Gasteiger partial charge in [-0.3, -0.25) is 14.6 Å². The Labute approximate surface area is 181 Å². The highest BCUT2D eigenvalue weighted by Crippen LogP contribution is 2.24. The van der Waals surface area contributed by atoms with Gasteiger partial charge >= 0.3 is 12.1 Å². The van der Waals surface area contributed by atoms with Crippen LogP contribution in [0.5, 0.6) is 0 Å². The molecule has 0 N–H and O–H groups in total. The van der Waals surface area contributed by atoms with Crippen molar-refractivity contribution in [2.45, 2.75) is 25.6 Å². The Morgan fingerprint density at radius 1 is 1.10 bits per heavy atom. The molecule has 2 aliphatic rings. The molecule has 0 saturated carbocycles.